The fraction of sp³-hybridized carbons (Fsp3) is 0.370. The summed E-state index contributed by atoms with van der Waals surface area (Å²) in [6.45, 7) is 3.63. The van der Waals surface area contributed by atoms with E-state index in [4.69, 9.17) is 4.74 Å². The van der Waals surface area contributed by atoms with Crippen LogP contribution in [0.4, 0.5) is 20.2 Å². The average molecular weight is 464 g/mol. The maximum atomic E-state index is 14.6. The second-order valence-electron chi connectivity index (χ2n) is 9.84. The molecule has 3 unspecified atom stereocenters. The third-order valence-corrected chi connectivity index (χ3v) is 7.48. The van der Waals surface area contributed by atoms with Gasteiger partial charge in [0.05, 0.1) is 6.54 Å². The molecule has 2 aromatic carbocycles. The van der Waals surface area contributed by atoms with Gasteiger partial charge in [-0.3, -0.25) is 4.79 Å². The summed E-state index contributed by atoms with van der Waals surface area (Å²) in [5, 5.41) is 6.88. The van der Waals surface area contributed by atoms with Crippen LogP contribution in [0, 0.1) is 0 Å². The lowest BCUT2D eigenvalue weighted by Crippen LogP contribution is -2.42. The zero-order valence-electron chi connectivity index (χ0n) is 19.0. The number of rotatable bonds is 4. The number of ether oxygens (including phenoxy) is 1. The van der Waals surface area contributed by atoms with E-state index in [1.165, 1.54) is 13.0 Å². The van der Waals surface area contributed by atoms with Crippen molar-refractivity contribution in [1.29, 1.82) is 0 Å². The van der Waals surface area contributed by atoms with Crippen LogP contribution in [0.3, 0.4) is 0 Å². The molecule has 2 N–H and O–H groups in total. The molecule has 0 saturated carbocycles. The Bertz CT molecular complexity index is 1210. The van der Waals surface area contributed by atoms with E-state index >= 15 is 0 Å². The van der Waals surface area contributed by atoms with E-state index in [1.54, 1.807) is 4.90 Å². The molecule has 1 spiro atoms. The largest absolute Gasteiger partial charge is 0.496 e. The van der Waals surface area contributed by atoms with Crippen LogP contribution >= 0.6 is 0 Å². The van der Waals surface area contributed by atoms with Gasteiger partial charge in [0, 0.05) is 36.0 Å². The van der Waals surface area contributed by atoms with Gasteiger partial charge in [-0.15, -0.1) is 0 Å². The van der Waals surface area contributed by atoms with Gasteiger partial charge in [0.2, 0.25) is 5.91 Å². The molecule has 3 heterocycles. The molecule has 176 valence electrons. The number of fused-ring (bicyclic) bond motifs is 3. The van der Waals surface area contributed by atoms with E-state index in [1.807, 2.05) is 48.5 Å². The third-order valence-electron chi connectivity index (χ3n) is 7.48. The first-order chi connectivity index (χ1) is 16.4. The molecular formula is C27H27F2N3O2. The molecule has 1 fully saturated rings. The zero-order chi connectivity index (χ0) is 23.5. The van der Waals surface area contributed by atoms with Gasteiger partial charge >= 0.3 is 0 Å². The summed E-state index contributed by atoms with van der Waals surface area (Å²) >= 11 is 0. The number of alkyl halides is 1. The number of amides is 1. The van der Waals surface area contributed by atoms with Crippen molar-refractivity contribution in [3.8, 4) is 0 Å². The van der Waals surface area contributed by atoms with E-state index in [0.717, 1.165) is 42.0 Å². The highest BCUT2D eigenvalue weighted by Gasteiger charge is 2.59. The minimum Gasteiger partial charge on any atom is -0.496 e. The lowest BCUT2D eigenvalue weighted by molar-refractivity contribution is -0.122. The number of carbonyl (C=O) groups is 1. The van der Waals surface area contributed by atoms with Crippen LogP contribution in [0.25, 0.3) is 0 Å². The van der Waals surface area contributed by atoms with Gasteiger partial charge in [-0.2, -0.15) is 0 Å². The van der Waals surface area contributed by atoms with Crippen LogP contribution in [0.2, 0.25) is 0 Å². The van der Waals surface area contributed by atoms with Crippen molar-refractivity contribution < 1.29 is 18.3 Å². The highest BCUT2D eigenvalue weighted by Crippen LogP contribution is 2.55. The monoisotopic (exact) mass is 463 g/mol. The quantitative estimate of drug-likeness (QED) is 0.701. The Hall–Kier alpha value is -3.19. The minimum atomic E-state index is -2.12. The number of halogens is 2. The molecule has 1 saturated heterocycles. The van der Waals surface area contributed by atoms with Gasteiger partial charge in [0.1, 0.15) is 23.6 Å². The van der Waals surface area contributed by atoms with Gasteiger partial charge in [0.25, 0.3) is 0 Å². The molecule has 1 amide bonds. The molecule has 0 bridgehead atoms. The van der Waals surface area contributed by atoms with Crippen molar-refractivity contribution in [3.05, 3.63) is 82.9 Å². The highest BCUT2D eigenvalue weighted by atomic mass is 19.2. The summed E-state index contributed by atoms with van der Waals surface area (Å²) in [4.78, 5) is 15.7. The predicted octanol–water partition coefficient (Wildman–Crippen LogP) is 4.51. The first-order valence-corrected chi connectivity index (χ1v) is 11.8. The summed E-state index contributed by atoms with van der Waals surface area (Å²) in [7, 11) is 0. The Morgan fingerprint density at radius 2 is 2.00 bits per heavy atom. The molecule has 34 heavy (non-hydrogen) atoms. The molecule has 0 aromatic heterocycles. The average Bonchev–Trinajstić information content (AvgIpc) is 3.51. The second kappa shape index (κ2) is 7.67. The van der Waals surface area contributed by atoms with E-state index < -0.39 is 16.9 Å². The Kier molecular flexibility index (Phi) is 4.81. The molecule has 6 rings (SSSR count). The van der Waals surface area contributed by atoms with Crippen LogP contribution in [0.15, 0.2) is 71.8 Å². The first kappa shape index (κ1) is 21.4. The topological polar surface area (TPSA) is 53.6 Å². The number of carbonyl (C=O) groups excluding carboxylic acids is 1. The van der Waals surface area contributed by atoms with Gasteiger partial charge in [-0.1, -0.05) is 30.3 Å². The fourth-order valence-corrected chi connectivity index (χ4v) is 5.59. The number of para-hydroxylation sites is 1. The smallest absolute Gasteiger partial charge is 0.246 e. The molecule has 3 atom stereocenters. The zero-order valence-corrected chi connectivity index (χ0v) is 19.0. The normalized spacial score (nSPS) is 29.9. The van der Waals surface area contributed by atoms with Crippen LogP contribution in [-0.2, 0) is 21.5 Å². The summed E-state index contributed by atoms with van der Waals surface area (Å²) < 4.78 is 35.1. The van der Waals surface area contributed by atoms with Gasteiger partial charge in [0.15, 0.2) is 5.67 Å². The highest BCUT2D eigenvalue weighted by molar-refractivity contribution is 6.11. The number of benzene rings is 2. The van der Waals surface area contributed by atoms with Crippen LogP contribution in [0.1, 0.15) is 30.9 Å². The molecule has 4 aliphatic rings. The molecule has 2 aromatic rings. The SMILES string of the molecule is CC1(F)CC2=C(C=C1F)C1(CO2)C(=O)N(Cc2ccc(NC3CCNC3)cc2)c2ccccc21. The summed E-state index contributed by atoms with van der Waals surface area (Å²) in [5.41, 5.74) is 0.801. The summed E-state index contributed by atoms with van der Waals surface area (Å²) in [6.07, 6.45) is 2.08. The fourth-order valence-electron chi connectivity index (χ4n) is 5.59. The van der Waals surface area contributed by atoms with E-state index in [2.05, 4.69) is 10.6 Å². The molecule has 7 heteroatoms. The Morgan fingerprint density at radius 3 is 2.76 bits per heavy atom. The van der Waals surface area contributed by atoms with Gasteiger partial charge in [-0.25, -0.2) is 8.78 Å². The van der Waals surface area contributed by atoms with Crippen molar-refractivity contribution >= 4 is 17.3 Å². The lowest BCUT2D eigenvalue weighted by atomic mass is 9.73. The van der Waals surface area contributed by atoms with Crippen molar-refractivity contribution in [2.24, 2.45) is 0 Å². The summed E-state index contributed by atoms with van der Waals surface area (Å²) in [5.74, 6) is -0.655. The maximum absolute atomic E-state index is 14.6. The van der Waals surface area contributed by atoms with Crippen LogP contribution in [0.5, 0.6) is 0 Å². The second-order valence-corrected chi connectivity index (χ2v) is 9.84. The minimum absolute atomic E-state index is 0.0577. The summed E-state index contributed by atoms with van der Waals surface area (Å²) in [6, 6.07) is 16.1. The standard InChI is InChI=1S/C27H27F2N3O2/c1-26(29)13-23-21(12-24(26)28)27(16-34-23)20-4-2-3-5-22(20)32(25(27)33)15-17-6-8-18(9-7-17)31-19-10-11-30-14-19/h2-9,12,19,30-31H,10-11,13-16H2,1H3. The molecule has 3 aliphatic heterocycles. The number of anilines is 2. The van der Waals surface area contributed by atoms with Crippen molar-refractivity contribution in [2.45, 2.75) is 43.4 Å². The number of nitrogens with zero attached hydrogens (tertiary/aromatic N) is 1. The number of nitrogens with one attached hydrogen (secondary N) is 2. The Labute approximate surface area is 197 Å². The number of hydrogen-bond acceptors (Lipinski definition) is 4. The molecule has 5 nitrogen and oxygen atoms in total. The molecular weight excluding hydrogens is 436 g/mol. The van der Waals surface area contributed by atoms with Gasteiger partial charge < -0.3 is 20.3 Å². The lowest BCUT2D eigenvalue weighted by Gasteiger charge is -2.27. The van der Waals surface area contributed by atoms with E-state index in [-0.39, 0.29) is 18.9 Å². The van der Waals surface area contributed by atoms with Crippen molar-refractivity contribution in [3.63, 3.8) is 0 Å². The molecule has 1 aliphatic carbocycles. The van der Waals surface area contributed by atoms with Crippen molar-refractivity contribution in [2.75, 3.05) is 29.9 Å². The Balaban J connectivity index is 1.31. The first-order valence-electron chi connectivity index (χ1n) is 11.8. The third kappa shape index (κ3) is 3.17. The predicted molar refractivity (Wildman–Crippen MR) is 127 cm³/mol. The number of allylic oxidation sites excluding steroid dienone is 3. The van der Waals surface area contributed by atoms with Crippen LogP contribution in [-0.4, -0.2) is 37.3 Å². The maximum Gasteiger partial charge on any atom is 0.246 e. The van der Waals surface area contributed by atoms with E-state index in [0.29, 0.717) is 23.9 Å². The van der Waals surface area contributed by atoms with E-state index in [9.17, 15) is 13.6 Å². The Morgan fingerprint density at radius 1 is 1.21 bits per heavy atom. The number of hydrogen-bond donors (Lipinski definition) is 2. The van der Waals surface area contributed by atoms with Crippen molar-refractivity contribution in [1.82, 2.24) is 5.32 Å². The van der Waals surface area contributed by atoms with Gasteiger partial charge in [-0.05, 0) is 55.3 Å². The van der Waals surface area contributed by atoms with Crippen LogP contribution < -0.4 is 15.5 Å². The molecule has 0 radical (unpaired) electrons.